The van der Waals surface area contributed by atoms with Crippen LogP contribution in [0.25, 0.3) is 61.9 Å². The molecular formula is C70H66N4O. The van der Waals surface area contributed by atoms with Gasteiger partial charge in [0.15, 0.2) is 11.6 Å². The number of aliphatic imine (C=N–C) groups is 1. The van der Waals surface area contributed by atoms with E-state index in [-0.39, 0.29) is 17.5 Å². The predicted octanol–water partition coefficient (Wildman–Crippen LogP) is 18.0. The van der Waals surface area contributed by atoms with Crippen molar-refractivity contribution in [2.24, 2.45) is 4.99 Å². The molecule has 0 N–H and O–H groups in total. The summed E-state index contributed by atoms with van der Waals surface area (Å²) in [4.78, 5) is 37.2. The Balaban J connectivity index is 1.15. The summed E-state index contributed by atoms with van der Waals surface area (Å²) in [5, 5.41) is 0. The van der Waals surface area contributed by atoms with Crippen molar-refractivity contribution in [1.82, 2.24) is 15.0 Å². The molecule has 0 saturated heterocycles. The number of aromatic nitrogens is 3. The number of carbonyl (C=O) groups excluding carboxylic acids is 1. The average molecular weight is 979 g/mol. The van der Waals surface area contributed by atoms with Gasteiger partial charge in [-0.2, -0.15) is 0 Å². The molecule has 0 radical (unpaired) electrons. The van der Waals surface area contributed by atoms with E-state index in [0.29, 0.717) is 36.5 Å². The first-order valence-electron chi connectivity index (χ1n) is 26.5. The van der Waals surface area contributed by atoms with Gasteiger partial charge in [0.25, 0.3) is 0 Å². The Hall–Kier alpha value is -8.15. The highest BCUT2D eigenvalue weighted by Crippen LogP contribution is 2.38. The fraction of sp³-hybridized carbons (Fsp3) is 0.214. The highest BCUT2D eigenvalue weighted by molar-refractivity contribution is 6.20. The lowest BCUT2D eigenvalue weighted by Gasteiger charge is -2.23. The van der Waals surface area contributed by atoms with E-state index in [2.05, 4.69) is 209 Å². The van der Waals surface area contributed by atoms with Crippen molar-refractivity contribution in [3.05, 3.63) is 248 Å². The van der Waals surface area contributed by atoms with Crippen LogP contribution in [0, 0.1) is 41.5 Å². The molecule has 0 amide bonds. The standard InChI is InChI=1S/C70H66N4O/c1-11-63-64(25-24-50(10)65(55-20-12-16-51(38-55)59-30-42(2)26-43(3)31-59)71-66(63)56-21-13-17-52(39-56)60-32-44(4)27-45(5)33-60)67(75)70-73-68(57-22-14-18-53(40-57)61-34-46(6)28-47(7)35-61)72-69(74-70)58-23-15-19-54(41-58)62-36-48(8)29-49(9)37-62/h12-23,26-32,34-41,60H,11,24-25,33H2,1-10H3. The minimum atomic E-state index is -0.212. The van der Waals surface area contributed by atoms with Gasteiger partial charge in [0.1, 0.15) is 0 Å². The van der Waals surface area contributed by atoms with E-state index < -0.39 is 0 Å². The van der Waals surface area contributed by atoms with Gasteiger partial charge in [-0.15, -0.1) is 0 Å². The second-order valence-corrected chi connectivity index (χ2v) is 21.2. The Labute approximate surface area is 444 Å². The van der Waals surface area contributed by atoms with Crippen molar-refractivity contribution in [2.75, 3.05) is 0 Å². The zero-order valence-corrected chi connectivity index (χ0v) is 45.2. The Bertz CT molecular complexity index is 3570. The van der Waals surface area contributed by atoms with Crippen molar-refractivity contribution in [3.8, 4) is 56.2 Å². The second kappa shape index (κ2) is 21.4. The third-order valence-corrected chi connectivity index (χ3v) is 14.6. The first-order valence-corrected chi connectivity index (χ1v) is 26.5. The summed E-state index contributed by atoms with van der Waals surface area (Å²) in [6.45, 7) is 21.5. The fourth-order valence-electron chi connectivity index (χ4n) is 11.3. The lowest BCUT2D eigenvalue weighted by atomic mass is 9.83. The first-order chi connectivity index (χ1) is 36.1. The molecule has 0 fully saturated rings. The van der Waals surface area contributed by atoms with Crippen LogP contribution in [-0.2, 0) is 0 Å². The van der Waals surface area contributed by atoms with E-state index in [1.54, 1.807) is 0 Å². The molecule has 2 aliphatic rings. The molecular weight excluding hydrogens is 913 g/mol. The normalized spacial score (nSPS) is 15.0. The van der Waals surface area contributed by atoms with Crippen molar-refractivity contribution in [3.63, 3.8) is 0 Å². The number of aryl methyl sites for hydroxylation is 6. The predicted molar refractivity (Wildman–Crippen MR) is 313 cm³/mol. The highest BCUT2D eigenvalue weighted by atomic mass is 16.1. The molecule has 0 saturated carbocycles. The molecule has 75 heavy (non-hydrogen) atoms. The first kappa shape index (κ1) is 50.4. The van der Waals surface area contributed by atoms with Gasteiger partial charge in [0.2, 0.25) is 11.6 Å². The monoisotopic (exact) mass is 979 g/mol. The number of carbonyl (C=O) groups is 1. The molecule has 7 aromatic carbocycles. The number of allylic oxidation sites excluding steroid dienone is 7. The number of ketones is 1. The molecule has 10 rings (SSSR count). The summed E-state index contributed by atoms with van der Waals surface area (Å²) in [7, 11) is 0. The fourth-order valence-corrected chi connectivity index (χ4v) is 11.3. The largest absolute Gasteiger partial charge is 0.285 e. The molecule has 372 valence electrons. The van der Waals surface area contributed by atoms with E-state index in [0.717, 1.165) is 79.0 Å². The summed E-state index contributed by atoms with van der Waals surface area (Å²) in [5.74, 6) is 1.02. The maximum absolute atomic E-state index is 15.9. The summed E-state index contributed by atoms with van der Waals surface area (Å²) in [6, 6.07) is 54.2. The molecule has 1 aromatic heterocycles. The summed E-state index contributed by atoms with van der Waals surface area (Å²) in [6.07, 6.45) is 7.29. The van der Waals surface area contributed by atoms with Gasteiger partial charge < -0.3 is 0 Å². The van der Waals surface area contributed by atoms with Crippen LogP contribution >= 0.6 is 0 Å². The van der Waals surface area contributed by atoms with Gasteiger partial charge in [0.05, 0.1) is 11.4 Å². The van der Waals surface area contributed by atoms with Crippen LogP contribution in [0.15, 0.2) is 197 Å². The smallest absolute Gasteiger partial charge is 0.226 e. The Morgan fingerprint density at radius 1 is 0.480 bits per heavy atom. The van der Waals surface area contributed by atoms with Crippen LogP contribution < -0.4 is 0 Å². The topological polar surface area (TPSA) is 68.1 Å². The van der Waals surface area contributed by atoms with Crippen LogP contribution in [0.2, 0.25) is 0 Å². The van der Waals surface area contributed by atoms with Crippen LogP contribution in [0.5, 0.6) is 0 Å². The number of nitrogens with zero attached hydrogens (tertiary/aromatic N) is 4. The van der Waals surface area contributed by atoms with E-state index in [1.807, 2.05) is 24.3 Å². The van der Waals surface area contributed by atoms with Gasteiger partial charge in [-0.05, 0) is 162 Å². The van der Waals surface area contributed by atoms with Crippen molar-refractivity contribution in [2.45, 2.75) is 101 Å². The number of hydrogen-bond acceptors (Lipinski definition) is 5. The third-order valence-electron chi connectivity index (χ3n) is 14.6. The molecule has 1 aliphatic carbocycles. The van der Waals surface area contributed by atoms with Crippen LogP contribution in [0.1, 0.15) is 120 Å². The van der Waals surface area contributed by atoms with Gasteiger partial charge in [-0.25, -0.2) is 19.9 Å². The Kier molecular flexibility index (Phi) is 14.4. The minimum absolute atomic E-state index is 0.117. The van der Waals surface area contributed by atoms with Crippen molar-refractivity contribution >= 4 is 17.2 Å². The summed E-state index contributed by atoms with van der Waals surface area (Å²) < 4.78 is 0. The molecule has 1 unspecified atom stereocenters. The van der Waals surface area contributed by atoms with Crippen LogP contribution in [-0.4, -0.2) is 26.4 Å². The maximum Gasteiger partial charge on any atom is 0.226 e. The molecule has 8 aromatic rings. The molecule has 0 spiro atoms. The average Bonchev–Trinajstić information content (AvgIpc) is 3.38. The van der Waals surface area contributed by atoms with Crippen LogP contribution in [0.3, 0.4) is 0 Å². The molecule has 5 heteroatoms. The minimum Gasteiger partial charge on any atom is -0.285 e. The molecule has 1 aliphatic heterocycles. The van der Waals surface area contributed by atoms with Gasteiger partial charge in [-0.1, -0.05) is 191 Å². The van der Waals surface area contributed by atoms with Crippen molar-refractivity contribution < 1.29 is 4.79 Å². The highest BCUT2D eigenvalue weighted by Gasteiger charge is 2.28. The number of hydrogen-bond donors (Lipinski definition) is 0. The second-order valence-electron chi connectivity index (χ2n) is 21.2. The lowest BCUT2D eigenvalue weighted by molar-refractivity contribution is 0.102. The van der Waals surface area contributed by atoms with E-state index >= 15 is 4.79 Å². The summed E-state index contributed by atoms with van der Waals surface area (Å²) in [5.41, 5.74) is 25.8. The summed E-state index contributed by atoms with van der Waals surface area (Å²) >= 11 is 0. The van der Waals surface area contributed by atoms with Gasteiger partial charge >= 0.3 is 0 Å². The Morgan fingerprint density at radius 3 is 1.43 bits per heavy atom. The van der Waals surface area contributed by atoms with E-state index in [1.165, 1.54) is 55.7 Å². The van der Waals surface area contributed by atoms with Gasteiger partial charge in [0, 0.05) is 33.7 Å². The molecule has 5 nitrogen and oxygen atoms in total. The molecule has 1 atom stereocenters. The Morgan fingerprint density at radius 2 is 0.933 bits per heavy atom. The zero-order chi connectivity index (χ0) is 52.5. The van der Waals surface area contributed by atoms with Crippen molar-refractivity contribution in [1.29, 1.82) is 0 Å². The number of benzene rings is 7. The molecule has 2 heterocycles. The third kappa shape index (κ3) is 11.2. The number of Topliss-reactive ketones (excluding diaryl/α,β-unsaturated/α-hetero) is 1. The van der Waals surface area contributed by atoms with E-state index in [9.17, 15) is 0 Å². The lowest BCUT2D eigenvalue weighted by Crippen LogP contribution is -2.19. The van der Waals surface area contributed by atoms with Gasteiger partial charge in [-0.3, -0.25) is 4.79 Å². The zero-order valence-electron chi connectivity index (χ0n) is 45.2. The maximum atomic E-state index is 15.9. The van der Waals surface area contributed by atoms with E-state index in [4.69, 9.17) is 19.9 Å². The SMILES string of the molecule is CCC1=C(C(=O)c2nc(-c3cccc(-c4cc(C)cc(C)c4)c3)nc(-c3cccc(-c4cc(C)cc(C)c4)c3)n2)CCC(C)=C(c2cccc(-c3cc(C)cc(C)c3)c2)N=C1c1cccc(C2C=C(C)C=C(C)C2)c1. The quantitative estimate of drug-likeness (QED) is 0.121. The number of rotatable bonds is 11. The van der Waals surface area contributed by atoms with Crippen LogP contribution in [0.4, 0.5) is 0 Å². The molecule has 0 bridgehead atoms.